The molecule has 1 aliphatic heterocycles. The van der Waals surface area contributed by atoms with E-state index in [-0.39, 0.29) is 17.0 Å². The van der Waals surface area contributed by atoms with Crippen LogP contribution in [-0.2, 0) is 0 Å². The van der Waals surface area contributed by atoms with Gasteiger partial charge in [-0.2, -0.15) is 0 Å². The van der Waals surface area contributed by atoms with E-state index in [2.05, 4.69) is 0 Å². The molecule has 5 aromatic carbocycles. The topological polar surface area (TPSA) is 93.1 Å². The van der Waals surface area contributed by atoms with Gasteiger partial charge in [-0.25, -0.2) is 9.69 Å². The van der Waals surface area contributed by atoms with E-state index in [4.69, 9.17) is 14.6 Å². The number of carbonyl (C=O) groups excluding carboxylic acids is 2. The molecule has 1 aliphatic rings. The number of amides is 2. The van der Waals surface area contributed by atoms with Crippen LogP contribution < -0.4 is 14.4 Å². The molecule has 0 aliphatic carbocycles. The van der Waals surface area contributed by atoms with Gasteiger partial charge in [0.15, 0.2) is 0 Å². The molecule has 2 amide bonds. The fourth-order valence-electron chi connectivity index (χ4n) is 4.42. The van der Waals surface area contributed by atoms with Gasteiger partial charge in [-0.05, 0) is 78.2 Å². The number of rotatable bonds is 6. The molecular formula is C31H19NO6. The maximum atomic E-state index is 13.3. The molecule has 7 heteroatoms. The van der Waals surface area contributed by atoms with Crippen LogP contribution >= 0.6 is 0 Å². The van der Waals surface area contributed by atoms with Gasteiger partial charge < -0.3 is 14.6 Å². The maximum absolute atomic E-state index is 13.3. The molecule has 38 heavy (non-hydrogen) atoms. The molecule has 0 unspecified atom stereocenters. The van der Waals surface area contributed by atoms with Gasteiger partial charge in [0.25, 0.3) is 11.8 Å². The minimum atomic E-state index is -1.00. The van der Waals surface area contributed by atoms with E-state index in [0.717, 1.165) is 10.8 Å². The first-order valence-electron chi connectivity index (χ1n) is 11.8. The maximum Gasteiger partial charge on any atom is 0.335 e. The summed E-state index contributed by atoms with van der Waals surface area (Å²) in [5.74, 6) is 0.207. The van der Waals surface area contributed by atoms with Gasteiger partial charge in [0.05, 0.1) is 22.4 Å². The Morgan fingerprint density at radius 2 is 1.16 bits per heavy atom. The summed E-state index contributed by atoms with van der Waals surface area (Å²) in [5, 5.41) is 10.8. The number of imide groups is 1. The van der Waals surface area contributed by atoms with Crippen molar-refractivity contribution < 1.29 is 29.0 Å². The lowest BCUT2D eigenvalue weighted by molar-refractivity contribution is 0.0696. The average Bonchev–Trinajstić information content (AvgIpc) is 3.18. The molecule has 0 saturated heterocycles. The first-order valence-corrected chi connectivity index (χ1v) is 11.8. The third-order valence-corrected chi connectivity index (χ3v) is 6.26. The second-order valence-corrected chi connectivity index (χ2v) is 8.66. The zero-order chi connectivity index (χ0) is 26.2. The van der Waals surface area contributed by atoms with Crippen molar-refractivity contribution in [3.8, 4) is 23.0 Å². The van der Waals surface area contributed by atoms with Gasteiger partial charge in [0, 0.05) is 5.39 Å². The molecule has 184 valence electrons. The minimum Gasteiger partial charge on any atom is -0.478 e. The highest BCUT2D eigenvalue weighted by molar-refractivity contribution is 6.36. The number of nitrogens with zero attached hydrogens (tertiary/aromatic N) is 1. The average molecular weight is 501 g/mol. The summed E-state index contributed by atoms with van der Waals surface area (Å²) in [5.41, 5.74) is 1.33. The third-order valence-electron chi connectivity index (χ3n) is 6.26. The van der Waals surface area contributed by atoms with Crippen LogP contribution in [0.2, 0.25) is 0 Å². The molecule has 0 aromatic heterocycles. The summed E-state index contributed by atoms with van der Waals surface area (Å²) in [6.07, 6.45) is 0. The molecule has 0 atom stereocenters. The molecule has 0 saturated carbocycles. The second-order valence-electron chi connectivity index (χ2n) is 8.66. The highest BCUT2D eigenvalue weighted by Gasteiger charge is 2.37. The van der Waals surface area contributed by atoms with Crippen molar-refractivity contribution in [2.24, 2.45) is 0 Å². The Morgan fingerprint density at radius 1 is 0.605 bits per heavy atom. The Kier molecular flexibility index (Phi) is 5.58. The largest absolute Gasteiger partial charge is 0.478 e. The lowest BCUT2D eigenvalue weighted by atomic mass is 10.1. The van der Waals surface area contributed by atoms with Crippen molar-refractivity contribution in [1.29, 1.82) is 0 Å². The zero-order valence-corrected chi connectivity index (χ0v) is 19.8. The zero-order valence-electron chi connectivity index (χ0n) is 19.8. The van der Waals surface area contributed by atoms with Crippen LogP contribution in [0, 0.1) is 0 Å². The van der Waals surface area contributed by atoms with E-state index in [9.17, 15) is 14.4 Å². The summed E-state index contributed by atoms with van der Waals surface area (Å²) in [7, 11) is 0. The summed E-state index contributed by atoms with van der Waals surface area (Å²) in [4.78, 5) is 38.7. The van der Waals surface area contributed by atoms with Gasteiger partial charge >= 0.3 is 5.97 Å². The van der Waals surface area contributed by atoms with Crippen molar-refractivity contribution in [1.82, 2.24) is 0 Å². The van der Waals surface area contributed by atoms with Gasteiger partial charge in [0.2, 0.25) is 0 Å². The van der Waals surface area contributed by atoms with Gasteiger partial charge in [-0.3, -0.25) is 9.59 Å². The molecule has 0 radical (unpaired) electrons. The number of hydrogen-bond acceptors (Lipinski definition) is 5. The van der Waals surface area contributed by atoms with Crippen molar-refractivity contribution in [3.63, 3.8) is 0 Å². The van der Waals surface area contributed by atoms with E-state index in [1.807, 2.05) is 36.4 Å². The van der Waals surface area contributed by atoms with Crippen LogP contribution in [-0.4, -0.2) is 22.9 Å². The van der Waals surface area contributed by atoms with Gasteiger partial charge in [-0.15, -0.1) is 0 Å². The quantitative estimate of drug-likeness (QED) is 0.254. The van der Waals surface area contributed by atoms with E-state index in [0.29, 0.717) is 34.2 Å². The Labute approximate surface area is 217 Å². The van der Waals surface area contributed by atoms with Crippen LogP contribution in [0.3, 0.4) is 0 Å². The summed E-state index contributed by atoms with van der Waals surface area (Å²) in [6.45, 7) is 0. The first kappa shape index (κ1) is 23.0. The Balaban J connectivity index is 1.20. The van der Waals surface area contributed by atoms with Crippen LogP contribution in [0.5, 0.6) is 23.0 Å². The fourth-order valence-corrected chi connectivity index (χ4v) is 4.42. The van der Waals surface area contributed by atoms with E-state index in [1.54, 1.807) is 60.7 Å². The first-order chi connectivity index (χ1) is 18.5. The number of carbonyl (C=O) groups is 3. The highest BCUT2D eigenvalue weighted by atomic mass is 16.5. The molecule has 1 heterocycles. The number of anilines is 1. The predicted octanol–water partition coefficient (Wildman–Crippen LogP) is 6.92. The number of benzene rings is 5. The van der Waals surface area contributed by atoms with E-state index in [1.165, 1.54) is 17.0 Å². The Morgan fingerprint density at radius 3 is 1.84 bits per heavy atom. The minimum absolute atomic E-state index is 0.177. The van der Waals surface area contributed by atoms with E-state index < -0.39 is 11.9 Å². The number of fused-ring (bicyclic) bond motifs is 2. The second kappa shape index (κ2) is 9.22. The SMILES string of the molecule is O=C(O)c1ccc(Oc2ccc(Oc3ccc4c(c3)C(=O)N(c3cccc5ccccc35)C4=O)cc2)cc1. The third kappa shape index (κ3) is 4.12. The molecule has 0 bridgehead atoms. The van der Waals surface area contributed by atoms with Crippen molar-refractivity contribution in [2.75, 3.05) is 4.90 Å². The highest BCUT2D eigenvalue weighted by Crippen LogP contribution is 2.36. The Hall–Kier alpha value is -5.43. The van der Waals surface area contributed by atoms with Crippen molar-refractivity contribution in [3.05, 3.63) is 126 Å². The van der Waals surface area contributed by atoms with Crippen LogP contribution in [0.4, 0.5) is 5.69 Å². The predicted molar refractivity (Wildman–Crippen MR) is 142 cm³/mol. The molecule has 6 rings (SSSR count). The van der Waals surface area contributed by atoms with Gasteiger partial charge in [0.1, 0.15) is 23.0 Å². The van der Waals surface area contributed by atoms with Crippen LogP contribution in [0.25, 0.3) is 10.8 Å². The van der Waals surface area contributed by atoms with Crippen LogP contribution in [0.15, 0.2) is 109 Å². The molecule has 7 nitrogen and oxygen atoms in total. The van der Waals surface area contributed by atoms with Crippen molar-refractivity contribution in [2.45, 2.75) is 0 Å². The number of ether oxygens (including phenoxy) is 2. The number of aromatic carboxylic acids is 1. The Bertz CT molecular complexity index is 1720. The smallest absolute Gasteiger partial charge is 0.335 e. The molecule has 0 fully saturated rings. The summed E-state index contributed by atoms with van der Waals surface area (Å²) < 4.78 is 11.7. The molecule has 5 aromatic rings. The fraction of sp³-hybridized carbons (Fsp3) is 0. The standard InChI is InChI=1S/C31H19NO6/c33-29-26-17-16-24(18-27(26)30(34)32(29)28-7-3-5-19-4-1-2-6-25(19)28)38-23-14-12-22(13-15-23)37-21-10-8-20(9-11-21)31(35)36/h1-18H,(H,35,36). The van der Waals surface area contributed by atoms with Crippen molar-refractivity contribution >= 4 is 34.2 Å². The summed E-state index contributed by atoms with van der Waals surface area (Å²) in [6, 6.07) is 30.9. The molecule has 0 spiro atoms. The molecular weight excluding hydrogens is 482 g/mol. The monoisotopic (exact) mass is 501 g/mol. The number of carboxylic acids is 1. The lowest BCUT2D eigenvalue weighted by Gasteiger charge is -2.16. The molecule has 1 N–H and O–H groups in total. The normalized spacial score (nSPS) is 12.5. The summed E-state index contributed by atoms with van der Waals surface area (Å²) >= 11 is 0. The van der Waals surface area contributed by atoms with Gasteiger partial charge in [-0.1, -0.05) is 36.4 Å². The van der Waals surface area contributed by atoms with Crippen LogP contribution in [0.1, 0.15) is 31.1 Å². The lowest BCUT2D eigenvalue weighted by Crippen LogP contribution is -2.29. The number of hydrogen-bond donors (Lipinski definition) is 1. The number of carboxylic acid groups (broad SMARTS) is 1. The van der Waals surface area contributed by atoms with E-state index >= 15 is 0 Å².